The van der Waals surface area contributed by atoms with Crippen LogP contribution < -0.4 is 11.3 Å². The number of nitrogens with one attached hydrogen (secondary N) is 2. The number of aromatic amines is 2. The van der Waals surface area contributed by atoms with Gasteiger partial charge in [-0.05, 0) is 36.7 Å². The van der Waals surface area contributed by atoms with Gasteiger partial charge in [0.2, 0.25) is 5.95 Å². The van der Waals surface area contributed by atoms with Crippen molar-refractivity contribution in [1.82, 2.24) is 15.0 Å². The molecule has 1 fully saturated rings. The zero-order valence-electron chi connectivity index (χ0n) is 12.1. The maximum atomic E-state index is 11.9. The molecule has 6 nitrogen and oxygen atoms in total. The van der Waals surface area contributed by atoms with Crippen molar-refractivity contribution in [3.8, 4) is 0 Å². The lowest BCUT2D eigenvalue weighted by molar-refractivity contribution is 0.229. The van der Waals surface area contributed by atoms with Crippen molar-refractivity contribution in [2.45, 2.75) is 44.4 Å². The number of anilines is 1. The fourth-order valence-electron chi connectivity index (χ4n) is 3.66. The number of aliphatic hydroxyl groups excluding tert-OH is 1. The molecule has 1 atom stereocenters. The van der Waals surface area contributed by atoms with Crippen LogP contribution in [-0.2, 0) is 0 Å². The van der Waals surface area contributed by atoms with E-state index < -0.39 is 0 Å². The van der Waals surface area contributed by atoms with Crippen LogP contribution in [0, 0.1) is 5.92 Å². The number of hydrogen-bond donors (Lipinski definition) is 4. The highest BCUT2D eigenvalue weighted by atomic mass is 16.3. The first-order valence-corrected chi connectivity index (χ1v) is 7.68. The van der Waals surface area contributed by atoms with Crippen LogP contribution in [0.15, 0.2) is 11.0 Å². The van der Waals surface area contributed by atoms with Crippen LogP contribution in [0.25, 0.3) is 11.0 Å². The summed E-state index contributed by atoms with van der Waals surface area (Å²) in [5.74, 6) is 0.921. The maximum Gasteiger partial charge on any atom is 0.276 e. The van der Waals surface area contributed by atoms with Gasteiger partial charge in [-0.15, -0.1) is 0 Å². The normalized spacial score (nSPS) is 18.1. The lowest BCUT2D eigenvalue weighted by Crippen LogP contribution is -2.18. The number of nitrogens with zero attached hydrogens (tertiary/aromatic N) is 1. The fraction of sp³-hybridized carbons (Fsp3) is 0.600. The molecule has 0 saturated heterocycles. The Labute approximate surface area is 122 Å². The van der Waals surface area contributed by atoms with Crippen molar-refractivity contribution in [2.24, 2.45) is 5.92 Å². The molecule has 3 rings (SSSR count). The summed E-state index contributed by atoms with van der Waals surface area (Å²) in [6.07, 6.45) is 8.69. The Bertz CT molecular complexity index is 670. The zero-order valence-corrected chi connectivity index (χ0v) is 12.1. The number of aliphatic hydroxyl groups is 1. The van der Waals surface area contributed by atoms with Crippen molar-refractivity contribution in [3.05, 3.63) is 22.1 Å². The van der Waals surface area contributed by atoms with Crippen LogP contribution in [0.5, 0.6) is 0 Å². The summed E-state index contributed by atoms with van der Waals surface area (Å²) in [5, 5.41) is 9.42. The van der Waals surface area contributed by atoms with Gasteiger partial charge in [-0.25, -0.2) is 4.98 Å². The minimum Gasteiger partial charge on any atom is -0.396 e. The molecule has 2 aromatic heterocycles. The molecule has 2 aromatic rings. The van der Waals surface area contributed by atoms with E-state index in [2.05, 4.69) is 15.0 Å². The Hall–Kier alpha value is -1.82. The minimum atomic E-state index is -0.241. The van der Waals surface area contributed by atoms with Gasteiger partial charge in [-0.1, -0.05) is 19.3 Å². The number of aromatic nitrogens is 3. The Kier molecular flexibility index (Phi) is 3.96. The third kappa shape index (κ3) is 2.68. The van der Waals surface area contributed by atoms with E-state index in [1.807, 2.05) is 6.20 Å². The van der Waals surface area contributed by atoms with Gasteiger partial charge in [0, 0.05) is 12.8 Å². The van der Waals surface area contributed by atoms with Gasteiger partial charge in [-0.3, -0.25) is 9.78 Å². The summed E-state index contributed by atoms with van der Waals surface area (Å²) in [5.41, 5.74) is 7.58. The number of nitrogen functional groups attached to an aromatic ring is 1. The van der Waals surface area contributed by atoms with E-state index in [-0.39, 0.29) is 24.0 Å². The summed E-state index contributed by atoms with van der Waals surface area (Å²) in [6, 6.07) is 0. The fourth-order valence-corrected chi connectivity index (χ4v) is 3.66. The number of hydrogen-bond acceptors (Lipinski definition) is 4. The molecule has 1 unspecified atom stereocenters. The number of nitrogens with two attached hydrogens (primary N) is 1. The first-order chi connectivity index (χ1) is 10.2. The van der Waals surface area contributed by atoms with Crippen LogP contribution in [0.1, 0.15) is 50.0 Å². The molecule has 0 spiro atoms. The average molecular weight is 290 g/mol. The Morgan fingerprint density at radius 1 is 1.38 bits per heavy atom. The van der Waals surface area contributed by atoms with Gasteiger partial charge in [0.15, 0.2) is 0 Å². The Balaban J connectivity index is 2.04. The molecule has 114 valence electrons. The highest BCUT2D eigenvalue weighted by molar-refractivity contribution is 5.79. The molecular formula is C15H22N4O2. The van der Waals surface area contributed by atoms with E-state index in [0.29, 0.717) is 23.4 Å². The Morgan fingerprint density at radius 2 is 2.14 bits per heavy atom. The summed E-state index contributed by atoms with van der Waals surface area (Å²) in [4.78, 5) is 21.7. The number of fused-ring (bicyclic) bond motifs is 1. The molecular weight excluding hydrogens is 268 g/mol. The molecule has 2 heterocycles. The van der Waals surface area contributed by atoms with Crippen LogP contribution in [0.4, 0.5) is 5.95 Å². The first kappa shape index (κ1) is 14.1. The molecule has 0 aliphatic heterocycles. The van der Waals surface area contributed by atoms with E-state index >= 15 is 0 Å². The second-order valence-electron chi connectivity index (χ2n) is 5.94. The van der Waals surface area contributed by atoms with E-state index in [9.17, 15) is 9.90 Å². The van der Waals surface area contributed by atoms with Crippen molar-refractivity contribution >= 4 is 17.0 Å². The lowest BCUT2D eigenvalue weighted by Gasteiger charge is -2.29. The SMILES string of the molecule is Nc1nc2c(C(CCO)C3CCCCC3)c[nH]c2c(=O)[nH]1. The summed E-state index contributed by atoms with van der Waals surface area (Å²) in [7, 11) is 0. The zero-order chi connectivity index (χ0) is 14.8. The smallest absolute Gasteiger partial charge is 0.276 e. The quantitative estimate of drug-likeness (QED) is 0.689. The van der Waals surface area contributed by atoms with Gasteiger partial charge >= 0.3 is 0 Å². The van der Waals surface area contributed by atoms with Crippen molar-refractivity contribution in [1.29, 1.82) is 0 Å². The third-order valence-electron chi connectivity index (χ3n) is 4.64. The minimum absolute atomic E-state index is 0.139. The molecule has 6 heteroatoms. The predicted molar refractivity (Wildman–Crippen MR) is 82.1 cm³/mol. The average Bonchev–Trinajstić information content (AvgIpc) is 2.89. The van der Waals surface area contributed by atoms with Crippen LogP contribution in [0.2, 0.25) is 0 Å². The molecule has 1 aliphatic carbocycles. The van der Waals surface area contributed by atoms with Gasteiger partial charge in [0.1, 0.15) is 11.0 Å². The lowest BCUT2D eigenvalue weighted by atomic mass is 9.76. The van der Waals surface area contributed by atoms with Gasteiger partial charge in [0.05, 0.1) is 0 Å². The van der Waals surface area contributed by atoms with Crippen molar-refractivity contribution in [2.75, 3.05) is 12.3 Å². The predicted octanol–water partition coefficient (Wildman–Crippen LogP) is 1.88. The van der Waals surface area contributed by atoms with Gasteiger partial charge < -0.3 is 15.8 Å². The number of rotatable bonds is 4. The van der Waals surface area contributed by atoms with E-state index in [4.69, 9.17) is 5.73 Å². The highest BCUT2D eigenvalue weighted by Crippen LogP contribution is 2.39. The van der Waals surface area contributed by atoms with Crippen molar-refractivity contribution < 1.29 is 5.11 Å². The summed E-state index contributed by atoms with van der Waals surface area (Å²) >= 11 is 0. The summed E-state index contributed by atoms with van der Waals surface area (Å²) < 4.78 is 0. The van der Waals surface area contributed by atoms with E-state index in [0.717, 1.165) is 5.56 Å². The largest absolute Gasteiger partial charge is 0.396 e. The van der Waals surface area contributed by atoms with Crippen LogP contribution >= 0.6 is 0 Å². The third-order valence-corrected chi connectivity index (χ3v) is 4.64. The first-order valence-electron chi connectivity index (χ1n) is 7.68. The summed E-state index contributed by atoms with van der Waals surface area (Å²) in [6.45, 7) is 0.145. The molecule has 0 bridgehead atoms. The monoisotopic (exact) mass is 290 g/mol. The molecule has 1 aliphatic rings. The van der Waals surface area contributed by atoms with Crippen LogP contribution in [-0.4, -0.2) is 26.7 Å². The Morgan fingerprint density at radius 3 is 2.86 bits per heavy atom. The standard InChI is InChI=1S/C15H22N4O2/c16-15-18-12-11(8-17-13(12)14(21)19-15)10(6-7-20)9-4-2-1-3-5-9/h8-10,17,20H,1-7H2,(H3,16,18,19,21). The van der Waals surface area contributed by atoms with Crippen LogP contribution in [0.3, 0.4) is 0 Å². The van der Waals surface area contributed by atoms with E-state index in [1.54, 1.807) is 0 Å². The molecule has 0 amide bonds. The molecule has 0 aromatic carbocycles. The topological polar surface area (TPSA) is 108 Å². The maximum absolute atomic E-state index is 11.9. The number of H-pyrrole nitrogens is 2. The molecule has 0 radical (unpaired) electrons. The van der Waals surface area contributed by atoms with Crippen molar-refractivity contribution in [3.63, 3.8) is 0 Å². The second-order valence-corrected chi connectivity index (χ2v) is 5.94. The molecule has 21 heavy (non-hydrogen) atoms. The second kappa shape index (κ2) is 5.89. The van der Waals surface area contributed by atoms with Gasteiger partial charge in [0.25, 0.3) is 5.56 Å². The van der Waals surface area contributed by atoms with Gasteiger partial charge in [-0.2, -0.15) is 0 Å². The molecule has 5 N–H and O–H groups in total. The van der Waals surface area contributed by atoms with E-state index in [1.165, 1.54) is 32.1 Å². The highest BCUT2D eigenvalue weighted by Gasteiger charge is 2.27. The molecule has 1 saturated carbocycles.